The number of benzene rings is 1. The Morgan fingerprint density at radius 1 is 1.23 bits per heavy atom. The van der Waals surface area contributed by atoms with E-state index in [0.717, 1.165) is 31.0 Å². The summed E-state index contributed by atoms with van der Waals surface area (Å²) >= 11 is 6.00. The molecule has 0 radical (unpaired) electrons. The summed E-state index contributed by atoms with van der Waals surface area (Å²) in [6.45, 7) is 10.4. The number of nitrogens with zero attached hydrogens (tertiary/aromatic N) is 1. The second-order valence-corrected chi connectivity index (χ2v) is 7.77. The lowest BCUT2D eigenvalue weighted by atomic mass is 9.67. The van der Waals surface area contributed by atoms with Crippen molar-refractivity contribution in [1.29, 1.82) is 0 Å². The number of carbonyl (C=O) groups excluding carboxylic acids is 1. The molecule has 1 amide bonds. The normalized spacial score (nSPS) is 22.4. The number of carbonyl (C=O) groups is 1. The van der Waals surface area contributed by atoms with Gasteiger partial charge in [-0.3, -0.25) is 4.79 Å². The molecule has 22 heavy (non-hydrogen) atoms. The van der Waals surface area contributed by atoms with Crippen molar-refractivity contribution in [3.8, 4) is 0 Å². The van der Waals surface area contributed by atoms with Crippen LogP contribution in [0.15, 0.2) is 24.3 Å². The van der Waals surface area contributed by atoms with E-state index in [-0.39, 0.29) is 11.3 Å². The zero-order valence-corrected chi connectivity index (χ0v) is 15.0. The van der Waals surface area contributed by atoms with E-state index in [0.29, 0.717) is 11.8 Å². The molecule has 1 heterocycles. The Morgan fingerprint density at radius 2 is 1.86 bits per heavy atom. The van der Waals surface area contributed by atoms with Gasteiger partial charge in [-0.05, 0) is 48.3 Å². The highest BCUT2D eigenvalue weighted by atomic mass is 35.5. The molecule has 0 aromatic heterocycles. The third-order valence-corrected chi connectivity index (χ3v) is 5.36. The summed E-state index contributed by atoms with van der Waals surface area (Å²) in [5.41, 5.74) is 1.49. The number of likely N-dealkylation sites (tertiary alicyclic amines) is 1. The van der Waals surface area contributed by atoms with Crippen LogP contribution in [0.5, 0.6) is 0 Å². The SMILES string of the molecule is CC(C)C(=O)N1CCC[C@](Cc2ccc(Cl)cc2)(C(C)C)C1. The number of hydrogen-bond acceptors (Lipinski definition) is 1. The van der Waals surface area contributed by atoms with E-state index in [1.54, 1.807) is 0 Å². The number of halogens is 1. The standard InChI is InChI=1S/C19H28ClNO/c1-14(2)18(22)21-11-5-10-19(13-21,15(3)4)12-16-6-8-17(20)9-7-16/h6-9,14-15H,5,10-13H2,1-4H3/t19-/m1/s1. The number of hydrogen-bond donors (Lipinski definition) is 0. The summed E-state index contributed by atoms with van der Waals surface area (Å²) in [6.07, 6.45) is 3.31. The summed E-state index contributed by atoms with van der Waals surface area (Å²) in [7, 11) is 0. The fourth-order valence-corrected chi connectivity index (χ4v) is 3.67. The van der Waals surface area contributed by atoms with Crippen LogP contribution in [0.2, 0.25) is 5.02 Å². The molecular formula is C19H28ClNO. The summed E-state index contributed by atoms with van der Waals surface area (Å²) in [5, 5.41) is 0.780. The highest BCUT2D eigenvalue weighted by Gasteiger charge is 2.39. The quantitative estimate of drug-likeness (QED) is 0.779. The van der Waals surface area contributed by atoms with Crippen LogP contribution in [0.25, 0.3) is 0 Å². The zero-order valence-electron chi connectivity index (χ0n) is 14.2. The van der Waals surface area contributed by atoms with Gasteiger partial charge >= 0.3 is 0 Å². The van der Waals surface area contributed by atoms with Crippen LogP contribution in [-0.2, 0) is 11.2 Å². The Bertz CT molecular complexity index is 509. The first-order chi connectivity index (χ1) is 10.3. The Balaban J connectivity index is 2.20. The Labute approximate surface area is 139 Å². The lowest BCUT2D eigenvalue weighted by Gasteiger charge is -2.46. The van der Waals surface area contributed by atoms with Gasteiger partial charge in [0, 0.05) is 24.0 Å². The van der Waals surface area contributed by atoms with Crippen LogP contribution in [-0.4, -0.2) is 23.9 Å². The van der Waals surface area contributed by atoms with Crippen molar-refractivity contribution in [2.45, 2.75) is 47.0 Å². The van der Waals surface area contributed by atoms with E-state index < -0.39 is 0 Å². The van der Waals surface area contributed by atoms with Crippen molar-refractivity contribution in [2.75, 3.05) is 13.1 Å². The van der Waals surface area contributed by atoms with Crippen molar-refractivity contribution >= 4 is 17.5 Å². The minimum Gasteiger partial charge on any atom is -0.342 e. The molecule has 1 aliphatic rings. The van der Waals surface area contributed by atoms with Gasteiger partial charge in [0.2, 0.25) is 5.91 Å². The van der Waals surface area contributed by atoms with E-state index in [9.17, 15) is 4.79 Å². The molecule has 0 unspecified atom stereocenters. The second kappa shape index (κ2) is 7.04. The van der Waals surface area contributed by atoms with E-state index in [1.807, 2.05) is 26.0 Å². The maximum atomic E-state index is 12.4. The topological polar surface area (TPSA) is 20.3 Å². The molecule has 2 nitrogen and oxygen atoms in total. The van der Waals surface area contributed by atoms with Crippen LogP contribution in [0, 0.1) is 17.3 Å². The number of piperidine rings is 1. The molecule has 3 heteroatoms. The molecule has 0 aliphatic carbocycles. The van der Waals surface area contributed by atoms with Crippen LogP contribution in [0.3, 0.4) is 0 Å². The molecule has 2 rings (SSSR count). The average molecular weight is 322 g/mol. The van der Waals surface area contributed by atoms with Crippen LogP contribution < -0.4 is 0 Å². The van der Waals surface area contributed by atoms with Crippen molar-refractivity contribution in [1.82, 2.24) is 4.90 Å². The number of amides is 1. The third-order valence-electron chi connectivity index (χ3n) is 5.11. The van der Waals surface area contributed by atoms with Gasteiger partial charge in [0.05, 0.1) is 0 Å². The van der Waals surface area contributed by atoms with Crippen molar-refractivity contribution in [2.24, 2.45) is 17.3 Å². The van der Waals surface area contributed by atoms with Crippen molar-refractivity contribution in [3.63, 3.8) is 0 Å². The van der Waals surface area contributed by atoms with Crippen molar-refractivity contribution in [3.05, 3.63) is 34.9 Å². The summed E-state index contributed by atoms with van der Waals surface area (Å²) in [4.78, 5) is 14.5. The van der Waals surface area contributed by atoms with Gasteiger partial charge in [-0.1, -0.05) is 51.4 Å². The highest BCUT2D eigenvalue weighted by Crippen LogP contribution is 2.40. The molecule has 1 saturated heterocycles. The monoisotopic (exact) mass is 321 g/mol. The van der Waals surface area contributed by atoms with Gasteiger partial charge in [0.15, 0.2) is 0 Å². The summed E-state index contributed by atoms with van der Waals surface area (Å²) in [5.74, 6) is 0.922. The second-order valence-electron chi connectivity index (χ2n) is 7.34. The first-order valence-corrected chi connectivity index (χ1v) is 8.75. The summed E-state index contributed by atoms with van der Waals surface area (Å²) < 4.78 is 0. The Hall–Kier alpha value is -1.02. The van der Waals surface area contributed by atoms with Gasteiger partial charge < -0.3 is 4.90 Å². The van der Waals surface area contributed by atoms with E-state index in [2.05, 4.69) is 30.9 Å². The molecule has 1 atom stereocenters. The van der Waals surface area contributed by atoms with Crippen LogP contribution in [0.1, 0.15) is 46.1 Å². The predicted molar refractivity (Wildman–Crippen MR) is 93.1 cm³/mol. The lowest BCUT2D eigenvalue weighted by Crippen LogP contribution is -2.50. The minimum absolute atomic E-state index is 0.0819. The maximum absolute atomic E-state index is 12.4. The Kier molecular flexibility index (Phi) is 5.55. The minimum atomic E-state index is 0.0819. The molecule has 0 N–H and O–H groups in total. The van der Waals surface area contributed by atoms with E-state index in [4.69, 9.17) is 11.6 Å². The maximum Gasteiger partial charge on any atom is 0.225 e. The highest BCUT2D eigenvalue weighted by molar-refractivity contribution is 6.30. The molecule has 0 spiro atoms. The molecule has 1 aromatic rings. The molecule has 0 bridgehead atoms. The van der Waals surface area contributed by atoms with Crippen LogP contribution >= 0.6 is 11.6 Å². The van der Waals surface area contributed by atoms with Crippen molar-refractivity contribution < 1.29 is 4.79 Å². The largest absolute Gasteiger partial charge is 0.342 e. The molecule has 1 aromatic carbocycles. The van der Waals surface area contributed by atoms with E-state index in [1.165, 1.54) is 12.0 Å². The molecule has 1 aliphatic heterocycles. The molecule has 0 saturated carbocycles. The van der Waals surface area contributed by atoms with Gasteiger partial charge in [0.25, 0.3) is 0 Å². The van der Waals surface area contributed by atoms with Gasteiger partial charge in [-0.2, -0.15) is 0 Å². The van der Waals surface area contributed by atoms with Gasteiger partial charge in [-0.25, -0.2) is 0 Å². The average Bonchev–Trinajstić information content (AvgIpc) is 2.49. The molecule has 1 fully saturated rings. The zero-order chi connectivity index (χ0) is 16.3. The Morgan fingerprint density at radius 3 is 2.41 bits per heavy atom. The van der Waals surface area contributed by atoms with Crippen LogP contribution in [0.4, 0.5) is 0 Å². The summed E-state index contributed by atoms with van der Waals surface area (Å²) in [6, 6.07) is 8.17. The smallest absolute Gasteiger partial charge is 0.225 e. The van der Waals surface area contributed by atoms with E-state index >= 15 is 0 Å². The van der Waals surface area contributed by atoms with Gasteiger partial charge in [-0.15, -0.1) is 0 Å². The fourth-order valence-electron chi connectivity index (χ4n) is 3.54. The lowest BCUT2D eigenvalue weighted by molar-refractivity contribution is -0.139. The predicted octanol–water partition coefficient (Wildman–Crippen LogP) is 4.80. The first kappa shape index (κ1) is 17.3. The third kappa shape index (κ3) is 3.84. The van der Waals surface area contributed by atoms with Gasteiger partial charge in [0.1, 0.15) is 0 Å². The first-order valence-electron chi connectivity index (χ1n) is 8.37. The molecule has 122 valence electrons. The fraction of sp³-hybridized carbons (Fsp3) is 0.632. The molecular weight excluding hydrogens is 294 g/mol. The number of rotatable bonds is 4.